The Morgan fingerprint density at radius 1 is 1.06 bits per heavy atom. The number of anilines is 1. The summed E-state index contributed by atoms with van der Waals surface area (Å²) in [6.07, 6.45) is 7.23. The molecule has 4 rings (SSSR count). The maximum absolute atomic E-state index is 13.3. The second-order valence-electron chi connectivity index (χ2n) is 10.5. The largest absolute Gasteiger partial charge is 0.369 e. The third kappa shape index (κ3) is 5.64. The van der Waals surface area contributed by atoms with E-state index in [0.29, 0.717) is 38.0 Å². The van der Waals surface area contributed by atoms with Gasteiger partial charge in [0.05, 0.1) is 17.8 Å². The number of primary amides is 1. The highest BCUT2D eigenvalue weighted by molar-refractivity contribution is 6.10. The summed E-state index contributed by atoms with van der Waals surface area (Å²) in [5.41, 5.74) is 7.19. The molecule has 0 aromatic heterocycles. The lowest BCUT2D eigenvalue weighted by molar-refractivity contribution is -0.147. The van der Waals surface area contributed by atoms with E-state index in [9.17, 15) is 19.2 Å². The van der Waals surface area contributed by atoms with Crippen LogP contribution in [0.25, 0.3) is 0 Å². The lowest BCUT2D eigenvalue weighted by Gasteiger charge is -2.31. The highest BCUT2D eigenvalue weighted by Gasteiger charge is 2.51. The molecule has 0 bridgehead atoms. The standard InChI is InChI=1S/C27H36N4O4/c1-17(2)14-23(31-26(34)21-7-3-4-8-22(21)27(31)35)25(33)29-20-11-9-18(10-12-20)15-30-13-5-6-19(16-30)24(28)32/h3-4,9-12,17,19,21-23H,5-8,13-16H2,1-2H3,(H2,28,32)(H,29,33). The smallest absolute Gasteiger partial charge is 0.247 e. The molecule has 35 heavy (non-hydrogen) atoms. The van der Waals surface area contributed by atoms with Crippen LogP contribution >= 0.6 is 0 Å². The minimum absolute atomic E-state index is 0.101. The molecule has 8 heteroatoms. The number of nitrogens with one attached hydrogen (secondary N) is 1. The zero-order valence-electron chi connectivity index (χ0n) is 20.6. The molecule has 3 aliphatic rings. The second kappa shape index (κ2) is 10.7. The lowest BCUT2D eigenvalue weighted by atomic mass is 9.85. The number of amides is 4. The van der Waals surface area contributed by atoms with Gasteiger partial charge in [-0.1, -0.05) is 38.1 Å². The topological polar surface area (TPSA) is 113 Å². The molecule has 0 saturated carbocycles. The summed E-state index contributed by atoms with van der Waals surface area (Å²) in [6, 6.07) is 6.76. The SMILES string of the molecule is CC(C)CC(C(=O)Nc1ccc(CN2CCCC(C(N)=O)C2)cc1)N1C(=O)C2CC=CCC2C1=O. The van der Waals surface area contributed by atoms with E-state index in [0.717, 1.165) is 24.9 Å². The van der Waals surface area contributed by atoms with Crippen LogP contribution in [0.2, 0.25) is 0 Å². The van der Waals surface area contributed by atoms with Crippen molar-refractivity contribution in [3.05, 3.63) is 42.0 Å². The highest BCUT2D eigenvalue weighted by atomic mass is 16.2. The fraction of sp³-hybridized carbons (Fsp3) is 0.556. The molecule has 188 valence electrons. The number of likely N-dealkylation sites (tertiary alicyclic amines) is 2. The van der Waals surface area contributed by atoms with Crippen molar-refractivity contribution in [2.75, 3.05) is 18.4 Å². The lowest BCUT2D eigenvalue weighted by Crippen LogP contribution is -2.48. The average molecular weight is 481 g/mol. The van der Waals surface area contributed by atoms with Gasteiger partial charge in [-0.05, 0) is 62.3 Å². The average Bonchev–Trinajstić information content (AvgIpc) is 3.09. The Kier molecular flexibility index (Phi) is 7.69. The van der Waals surface area contributed by atoms with Gasteiger partial charge < -0.3 is 11.1 Å². The quantitative estimate of drug-likeness (QED) is 0.439. The molecule has 1 aromatic carbocycles. The van der Waals surface area contributed by atoms with Gasteiger partial charge in [0.15, 0.2) is 0 Å². The van der Waals surface area contributed by atoms with Crippen LogP contribution in [0.5, 0.6) is 0 Å². The van der Waals surface area contributed by atoms with Crippen LogP contribution in [0, 0.1) is 23.7 Å². The number of hydrogen-bond donors (Lipinski definition) is 2. The first kappa shape index (κ1) is 25.1. The molecular formula is C27H36N4O4. The Hall–Kier alpha value is -3.00. The summed E-state index contributed by atoms with van der Waals surface area (Å²) >= 11 is 0. The maximum Gasteiger partial charge on any atom is 0.247 e. The number of fused-ring (bicyclic) bond motifs is 1. The maximum atomic E-state index is 13.3. The summed E-state index contributed by atoms with van der Waals surface area (Å²) in [6.45, 7) is 6.27. The van der Waals surface area contributed by atoms with Crippen LogP contribution in [0.15, 0.2) is 36.4 Å². The van der Waals surface area contributed by atoms with Gasteiger partial charge in [0.25, 0.3) is 0 Å². The van der Waals surface area contributed by atoms with E-state index in [1.165, 1.54) is 4.90 Å². The van der Waals surface area contributed by atoms with E-state index in [1.54, 1.807) is 0 Å². The molecule has 2 aliphatic heterocycles. The molecule has 2 fully saturated rings. The van der Waals surface area contributed by atoms with Crippen LogP contribution in [0.4, 0.5) is 5.69 Å². The molecule has 1 aromatic rings. The summed E-state index contributed by atoms with van der Waals surface area (Å²) in [5.74, 6) is -1.68. The van der Waals surface area contributed by atoms with E-state index in [-0.39, 0.29) is 47.3 Å². The van der Waals surface area contributed by atoms with E-state index in [2.05, 4.69) is 10.2 Å². The molecule has 2 saturated heterocycles. The Labute approximate surface area is 206 Å². The van der Waals surface area contributed by atoms with Gasteiger partial charge >= 0.3 is 0 Å². The number of benzene rings is 1. The Bertz CT molecular complexity index is 977. The molecule has 8 nitrogen and oxygen atoms in total. The monoisotopic (exact) mass is 480 g/mol. The number of piperidine rings is 1. The summed E-state index contributed by atoms with van der Waals surface area (Å²) in [7, 11) is 0. The van der Waals surface area contributed by atoms with E-state index in [1.807, 2.05) is 50.3 Å². The third-order valence-electron chi connectivity index (χ3n) is 7.39. The molecule has 0 radical (unpaired) electrons. The van der Waals surface area contributed by atoms with Crippen molar-refractivity contribution in [2.45, 2.75) is 58.5 Å². The van der Waals surface area contributed by atoms with Crippen molar-refractivity contribution in [3.8, 4) is 0 Å². The second-order valence-corrected chi connectivity index (χ2v) is 10.5. The number of rotatable bonds is 8. The molecule has 4 unspecified atom stereocenters. The normalized spacial score (nSPS) is 25.6. The van der Waals surface area contributed by atoms with E-state index >= 15 is 0 Å². The van der Waals surface area contributed by atoms with Gasteiger partial charge in [-0.3, -0.25) is 29.0 Å². The first-order valence-electron chi connectivity index (χ1n) is 12.7. The number of nitrogens with zero attached hydrogens (tertiary/aromatic N) is 2. The van der Waals surface area contributed by atoms with Crippen molar-refractivity contribution in [1.82, 2.24) is 9.80 Å². The fourth-order valence-electron chi connectivity index (χ4n) is 5.52. The minimum atomic E-state index is -0.820. The van der Waals surface area contributed by atoms with Crippen molar-refractivity contribution in [1.29, 1.82) is 0 Å². The number of hydrogen-bond acceptors (Lipinski definition) is 5. The highest BCUT2D eigenvalue weighted by Crippen LogP contribution is 2.37. The van der Waals surface area contributed by atoms with Crippen molar-refractivity contribution >= 4 is 29.3 Å². The van der Waals surface area contributed by atoms with Crippen molar-refractivity contribution < 1.29 is 19.2 Å². The van der Waals surface area contributed by atoms with Gasteiger partial charge in [-0.25, -0.2) is 0 Å². The van der Waals surface area contributed by atoms with Gasteiger partial charge in [0.2, 0.25) is 23.6 Å². The molecule has 0 spiro atoms. The zero-order valence-corrected chi connectivity index (χ0v) is 20.6. The van der Waals surface area contributed by atoms with Crippen LogP contribution in [-0.2, 0) is 25.7 Å². The van der Waals surface area contributed by atoms with Crippen LogP contribution in [0.3, 0.4) is 0 Å². The first-order chi connectivity index (χ1) is 16.7. The van der Waals surface area contributed by atoms with E-state index < -0.39 is 6.04 Å². The van der Waals surface area contributed by atoms with Gasteiger partial charge in [-0.2, -0.15) is 0 Å². The first-order valence-corrected chi connectivity index (χ1v) is 12.7. The zero-order chi connectivity index (χ0) is 25.1. The summed E-state index contributed by atoms with van der Waals surface area (Å²) in [5, 5.41) is 2.92. The predicted octanol–water partition coefficient (Wildman–Crippen LogP) is 2.69. The van der Waals surface area contributed by atoms with Crippen LogP contribution < -0.4 is 11.1 Å². The Morgan fingerprint density at radius 3 is 2.26 bits per heavy atom. The number of imide groups is 1. The van der Waals surface area contributed by atoms with Crippen molar-refractivity contribution in [2.24, 2.45) is 29.4 Å². The number of allylic oxidation sites excluding steroid dienone is 2. The van der Waals surface area contributed by atoms with Crippen LogP contribution in [0.1, 0.15) is 51.5 Å². The molecular weight excluding hydrogens is 444 g/mol. The summed E-state index contributed by atoms with van der Waals surface area (Å²) < 4.78 is 0. The van der Waals surface area contributed by atoms with Crippen LogP contribution in [-0.4, -0.2) is 52.6 Å². The number of carbonyl (C=O) groups excluding carboxylic acids is 4. The fourth-order valence-corrected chi connectivity index (χ4v) is 5.52. The molecule has 1 aliphatic carbocycles. The third-order valence-corrected chi connectivity index (χ3v) is 7.39. The van der Waals surface area contributed by atoms with Crippen molar-refractivity contribution in [3.63, 3.8) is 0 Å². The number of carbonyl (C=O) groups is 4. The number of nitrogens with two attached hydrogens (primary N) is 1. The minimum Gasteiger partial charge on any atom is -0.369 e. The Morgan fingerprint density at radius 2 is 1.69 bits per heavy atom. The predicted molar refractivity (Wildman–Crippen MR) is 133 cm³/mol. The van der Waals surface area contributed by atoms with E-state index in [4.69, 9.17) is 5.73 Å². The molecule has 4 amide bonds. The molecule has 2 heterocycles. The molecule has 3 N–H and O–H groups in total. The van der Waals surface area contributed by atoms with Gasteiger partial charge in [0.1, 0.15) is 6.04 Å². The summed E-state index contributed by atoms with van der Waals surface area (Å²) in [4.78, 5) is 54.5. The Balaban J connectivity index is 1.41. The van der Waals surface area contributed by atoms with Gasteiger partial charge in [-0.15, -0.1) is 0 Å². The van der Waals surface area contributed by atoms with Gasteiger partial charge in [0, 0.05) is 18.8 Å². The molecule has 4 atom stereocenters.